The summed E-state index contributed by atoms with van der Waals surface area (Å²) < 4.78 is 0. The molecule has 0 aliphatic heterocycles. The van der Waals surface area contributed by atoms with E-state index in [-0.39, 0.29) is 0 Å². The lowest BCUT2D eigenvalue weighted by Gasteiger charge is -2.09. The first-order valence-corrected chi connectivity index (χ1v) is 5.88. The third-order valence-corrected chi connectivity index (χ3v) is 2.90. The molecule has 0 amide bonds. The summed E-state index contributed by atoms with van der Waals surface area (Å²) in [6.45, 7) is 2.93. The highest BCUT2D eigenvalue weighted by molar-refractivity contribution is 5.55. The Labute approximate surface area is 98.9 Å². The van der Waals surface area contributed by atoms with E-state index in [2.05, 4.69) is 37.4 Å². The second-order valence-corrected chi connectivity index (χ2v) is 4.04. The van der Waals surface area contributed by atoms with Gasteiger partial charge in [0.05, 0.1) is 0 Å². The summed E-state index contributed by atoms with van der Waals surface area (Å²) in [5, 5.41) is 9.93. The average Bonchev–Trinajstić information content (AvgIpc) is 3.00. The first-order chi connectivity index (χ1) is 8.38. The molecule has 2 aromatic rings. The van der Waals surface area contributed by atoms with Crippen LogP contribution in [0.2, 0.25) is 0 Å². The molecule has 88 valence electrons. The average molecular weight is 230 g/mol. The van der Waals surface area contributed by atoms with E-state index in [0.29, 0.717) is 11.6 Å². The molecule has 1 aliphatic carbocycles. The molecule has 1 aliphatic rings. The van der Waals surface area contributed by atoms with Gasteiger partial charge in [-0.15, -0.1) is 0 Å². The maximum atomic E-state index is 4.55. The van der Waals surface area contributed by atoms with Gasteiger partial charge in [-0.1, -0.05) is 0 Å². The lowest BCUT2D eigenvalue weighted by molar-refractivity contribution is 0.899. The quantitative estimate of drug-likeness (QED) is 0.827. The Morgan fingerprint density at radius 3 is 3.06 bits per heavy atom. The van der Waals surface area contributed by atoms with Crippen LogP contribution in [0, 0.1) is 0 Å². The SMILES string of the molecule is CCNc1nc(-c2ncn[nH]2)nc2c1CCC2. The van der Waals surface area contributed by atoms with Gasteiger partial charge in [0.1, 0.15) is 12.1 Å². The smallest absolute Gasteiger partial charge is 0.199 e. The van der Waals surface area contributed by atoms with Crippen LogP contribution in [0.25, 0.3) is 11.6 Å². The normalized spacial score (nSPS) is 13.7. The fourth-order valence-corrected chi connectivity index (χ4v) is 2.17. The van der Waals surface area contributed by atoms with Gasteiger partial charge in [0.15, 0.2) is 11.6 Å². The van der Waals surface area contributed by atoms with Gasteiger partial charge in [-0.25, -0.2) is 15.0 Å². The molecule has 0 radical (unpaired) electrons. The summed E-state index contributed by atoms with van der Waals surface area (Å²) in [5.41, 5.74) is 2.40. The van der Waals surface area contributed by atoms with Crippen molar-refractivity contribution in [2.75, 3.05) is 11.9 Å². The molecule has 6 heteroatoms. The second-order valence-electron chi connectivity index (χ2n) is 4.04. The van der Waals surface area contributed by atoms with Crippen molar-refractivity contribution in [3.63, 3.8) is 0 Å². The Bertz CT molecular complexity index is 519. The van der Waals surface area contributed by atoms with Gasteiger partial charge in [0, 0.05) is 17.8 Å². The minimum atomic E-state index is 0.624. The predicted molar refractivity (Wildman–Crippen MR) is 63.6 cm³/mol. The molecule has 6 nitrogen and oxygen atoms in total. The first-order valence-electron chi connectivity index (χ1n) is 5.88. The van der Waals surface area contributed by atoms with E-state index in [9.17, 15) is 0 Å². The van der Waals surface area contributed by atoms with Crippen LogP contribution in [0.1, 0.15) is 24.6 Å². The number of nitrogens with zero attached hydrogens (tertiary/aromatic N) is 4. The molecular formula is C11H14N6. The number of fused-ring (bicyclic) bond motifs is 1. The van der Waals surface area contributed by atoms with Crippen molar-refractivity contribution in [3.8, 4) is 11.6 Å². The Morgan fingerprint density at radius 1 is 1.35 bits per heavy atom. The van der Waals surface area contributed by atoms with Crippen molar-refractivity contribution >= 4 is 5.82 Å². The van der Waals surface area contributed by atoms with E-state index >= 15 is 0 Å². The van der Waals surface area contributed by atoms with Crippen LogP contribution >= 0.6 is 0 Å². The summed E-state index contributed by atoms with van der Waals surface area (Å²) in [4.78, 5) is 13.2. The summed E-state index contributed by atoms with van der Waals surface area (Å²) in [6.07, 6.45) is 4.72. The molecule has 0 atom stereocenters. The maximum Gasteiger partial charge on any atom is 0.199 e. The van der Waals surface area contributed by atoms with Crippen molar-refractivity contribution in [1.29, 1.82) is 0 Å². The monoisotopic (exact) mass is 230 g/mol. The number of aromatic nitrogens is 5. The van der Waals surface area contributed by atoms with E-state index < -0.39 is 0 Å². The third-order valence-electron chi connectivity index (χ3n) is 2.90. The van der Waals surface area contributed by atoms with Crippen LogP contribution in [0.3, 0.4) is 0 Å². The highest BCUT2D eigenvalue weighted by atomic mass is 15.2. The highest BCUT2D eigenvalue weighted by Gasteiger charge is 2.20. The molecule has 0 fully saturated rings. The maximum absolute atomic E-state index is 4.55. The van der Waals surface area contributed by atoms with Gasteiger partial charge in [-0.2, -0.15) is 5.10 Å². The van der Waals surface area contributed by atoms with Crippen LogP contribution in [-0.2, 0) is 12.8 Å². The molecule has 0 unspecified atom stereocenters. The molecule has 0 saturated heterocycles. The number of hydrogen-bond acceptors (Lipinski definition) is 5. The Balaban J connectivity index is 2.09. The number of aromatic amines is 1. The van der Waals surface area contributed by atoms with Crippen LogP contribution in [0.4, 0.5) is 5.82 Å². The van der Waals surface area contributed by atoms with E-state index in [1.165, 1.54) is 11.9 Å². The topological polar surface area (TPSA) is 79.4 Å². The molecule has 0 saturated carbocycles. The number of nitrogens with one attached hydrogen (secondary N) is 2. The van der Waals surface area contributed by atoms with Gasteiger partial charge >= 0.3 is 0 Å². The zero-order valence-electron chi connectivity index (χ0n) is 9.69. The number of hydrogen-bond donors (Lipinski definition) is 2. The zero-order chi connectivity index (χ0) is 11.7. The fraction of sp³-hybridized carbons (Fsp3) is 0.455. The zero-order valence-corrected chi connectivity index (χ0v) is 9.69. The molecule has 0 bridgehead atoms. The number of rotatable bonds is 3. The largest absolute Gasteiger partial charge is 0.370 e. The molecule has 3 rings (SSSR count). The molecule has 2 N–H and O–H groups in total. The van der Waals surface area contributed by atoms with Crippen molar-refractivity contribution in [2.24, 2.45) is 0 Å². The lowest BCUT2D eigenvalue weighted by Crippen LogP contribution is -2.07. The van der Waals surface area contributed by atoms with Crippen molar-refractivity contribution in [3.05, 3.63) is 17.6 Å². The van der Waals surface area contributed by atoms with Gasteiger partial charge in [0.25, 0.3) is 0 Å². The molecule has 17 heavy (non-hydrogen) atoms. The summed E-state index contributed by atoms with van der Waals surface area (Å²) in [6, 6.07) is 0. The standard InChI is InChI=1S/C11H14N6/c1-2-12-9-7-4-3-5-8(7)15-11(16-9)10-13-6-14-17-10/h6H,2-5H2,1H3,(H,12,15,16)(H,13,14,17). The van der Waals surface area contributed by atoms with Gasteiger partial charge in [0.2, 0.25) is 0 Å². The van der Waals surface area contributed by atoms with Crippen LogP contribution in [-0.4, -0.2) is 31.7 Å². The Hall–Kier alpha value is -1.98. The van der Waals surface area contributed by atoms with Crippen LogP contribution in [0.15, 0.2) is 6.33 Å². The summed E-state index contributed by atoms with van der Waals surface area (Å²) in [7, 11) is 0. The molecule has 0 aromatic carbocycles. The van der Waals surface area contributed by atoms with Gasteiger partial charge < -0.3 is 5.32 Å². The fourth-order valence-electron chi connectivity index (χ4n) is 2.17. The van der Waals surface area contributed by atoms with E-state index in [1.807, 2.05) is 0 Å². The lowest BCUT2D eigenvalue weighted by atomic mass is 10.2. The van der Waals surface area contributed by atoms with Gasteiger partial charge in [-0.05, 0) is 26.2 Å². The van der Waals surface area contributed by atoms with Crippen molar-refractivity contribution in [1.82, 2.24) is 25.1 Å². The Kier molecular flexibility index (Phi) is 2.47. The predicted octanol–water partition coefficient (Wildman–Crippen LogP) is 1.18. The van der Waals surface area contributed by atoms with E-state index in [1.54, 1.807) is 0 Å². The minimum Gasteiger partial charge on any atom is -0.370 e. The molecule has 2 aromatic heterocycles. The minimum absolute atomic E-state index is 0.624. The first kappa shape index (κ1) is 10.2. The van der Waals surface area contributed by atoms with Crippen molar-refractivity contribution < 1.29 is 0 Å². The van der Waals surface area contributed by atoms with E-state index in [0.717, 1.165) is 37.3 Å². The molecular weight excluding hydrogens is 216 g/mol. The summed E-state index contributed by atoms with van der Waals surface area (Å²) >= 11 is 0. The Morgan fingerprint density at radius 2 is 2.29 bits per heavy atom. The van der Waals surface area contributed by atoms with E-state index in [4.69, 9.17) is 0 Å². The van der Waals surface area contributed by atoms with Crippen LogP contribution in [0.5, 0.6) is 0 Å². The third kappa shape index (κ3) is 1.75. The highest BCUT2D eigenvalue weighted by Crippen LogP contribution is 2.27. The van der Waals surface area contributed by atoms with Crippen LogP contribution < -0.4 is 5.32 Å². The molecule has 0 spiro atoms. The number of H-pyrrole nitrogens is 1. The number of anilines is 1. The van der Waals surface area contributed by atoms with Crippen molar-refractivity contribution in [2.45, 2.75) is 26.2 Å². The summed E-state index contributed by atoms with van der Waals surface area (Å²) in [5.74, 6) is 2.19. The number of aryl methyl sites for hydroxylation is 1. The second kappa shape index (κ2) is 4.12. The van der Waals surface area contributed by atoms with Gasteiger partial charge in [-0.3, -0.25) is 5.10 Å². The molecule has 2 heterocycles.